The van der Waals surface area contributed by atoms with Gasteiger partial charge in [0.05, 0.1) is 5.56 Å². The van der Waals surface area contributed by atoms with Crippen LogP contribution in [0.2, 0.25) is 0 Å². The number of nitriles is 1. The molecule has 2 rings (SSSR count). The van der Waals surface area contributed by atoms with E-state index in [0.717, 1.165) is 25.8 Å². The third kappa shape index (κ3) is 3.31. The Hall–Kier alpha value is -1.44. The number of piperidine rings is 1. The summed E-state index contributed by atoms with van der Waals surface area (Å²) in [7, 11) is 0. The van der Waals surface area contributed by atoms with Crippen molar-refractivity contribution in [2.45, 2.75) is 38.3 Å². The maximum Gasteiger partial charge on any atom is 0.145 e. The summed E-state index contributed by atoms with van der Waals surface area (Å²) < 4.78 is 14.1. The van der Waals surface area contributed by atoms with E-state index in [4.69, 9.17) is 11.0 Å². The van der Waals surface area contributed by atoms with Crippen LogP contribution in [-0.4, -0.2) is 24.0 Å². The highest BCUT2D eigenvalue weighted by Crippen LogP contribution is 2.23. The van der Waals surface area contributed by atoms with E-state index in [9.17, 15) is 4.39 Å². The third-order valence-corrected chi connectivity index (χ3v) is 3.82. The van der Waals surface area contributed by atoms with Crippen molar-refractivity contribution in [2.75, 3.05) is 13.1 Å². The van der Waals surface area contributed by atoms with Gasteiger partial charge in [0.2, 0.25) is 0 Å². The van der Waals surface area contributed by atoms with Gasteiger partial charge in [-0.15, -0.1) is 0 Å². The standard InChI is InChI=1S/C15H20FN3/c16-15-12(10-18)4-3-5-13(15)11-19-9-2-1-6-14(19)7-8-17/h3-5,14H,1-2,6-9,11,17H2. The normalized spacial score (nSPS) is 20.2. The van der Waals surface area contributed by atoms with Crippen LogP contribution in [0.5, 0.6) is 0 Å². The molecule has 0 bridgehead atoms. The quantitative estimate of drug-likeness (QED) is 0.905. The molecule has 1 fully saturated rings. The lowest BCUT2D eigenvalue weighted by Crippen LogP contribution is -2.40. The van der Waals surface area contributed by atoms with Crippen LogP contribution in [0.3, 0.4) is 0 Å². The van der Waals surface area contributed by atoms with Gasteiger partial charge in [-0.2, -0.15) is 5.26 Å². The number of hydrogen-bond donors (Lipinski definition) is 1. The number of rotatable bonds is 4. The van der Waals surface area contributed by atoms with Gasteiger partial charge in [-0.1, -0.05) is 18.6 Å². The summed E-state index contributed by atoms with van der Waals surface area (Å²) in [5.41, 5.74) is 6.39. The Kier molecular flexibility index (Phi) is 4.89. The van der Waals surface area contributed by atoms with Gasteiger partial charge in [-0.25, -0.2) is 4.39 Å². The van der Waals surface area contributed by atoms with Crippen LogP contribution in [0.25, 0.3) is 0 Å². The average molecular weight is 261 g/mol. The molecule has 1 aliphatic heterocycles. The summed E-state index contributed by atoms with van der Waals surface area (Å²) in [4.78, 5) is 2.30. The van der Waals surface area contributed by atoms with E-state index < -0.39 is 0 Å². The molecule has 1 aromatic carbocycles. The number of nitrogens with two attached hydrogens (primary N) is 1. The monoisotopic (exact) mass is 261 g/mol. The largest absolute Gasteiger partial charge is 0.330 e. The van der Waals surface area contributed by atoms with Crippen LogP contribution >= 0.6 is 0 Å². The van der Waals surface area contributed by atoms with Crippen LogP contribution in [-0.2, 0) is 6.54 Å². The van der Waals surface area contributed by atoms with Crippen molar-refractivity contribution in [3.8, 4) is 6.07 Å². The lowest BCUT2D eigenvalue weighted by atomic mass is 9.98. The molecule has 4 heteroatoms. The molecule has 3 nitrogen and oxygen atoms in total. The van der Waals surface area contributed by atoms with Crippen molar-refractivity contribution in [1.29, 1.82) is 5.26 Å². The summed E-state index contributed by atoms with van der Waals surface area (Å²) in [6.07, 6.45) is 4.47. The summed E-state index contributed by atoms with van der Waals surface area (Å²) >= 11 is 0. The Labute approximate surface area is 113 Å². The van der Waals surface area contributed by atoms with Gasteiger partial charge < -0.3 is 5.73 Å². The van der Waals surface area contributed by atoms with Gasteiger partial charge in [0.15, 0.2) is 0 Å². The number of nitrogens with zero attached hydrogens (tertiary/aromatic N) is 2. The van der Waals surface area contributed by atoms with Crippen molar-refractivity contribution in [3.05, 3.63) is 35.1 Å². The molecular formula is C15H20FN3. The van der Waals surface area contributed by atoms with Gasteiger partial charge in [0.25, 0.3) is 0 Å². The van der Waals surface area contributed by atoms with E-state index in [-0.39, 0.29) is 11.4 Å². The topological polar surface area (TPSA) is 53.0 Å². The molecule has 0 aromatic heterocycles. The number of benzene rings is 1. The summed E-state index contributed by atoms with van der Waals surface area (Å²) in [5, 5.41) is 8.86. The maximum atomic E-state index is 14.1. The smallest absolute Gasteiger partial charge is 0.145 e. The molecule has 0 aliphatic carbocycles. The molecule has 1 unspecified atom stereocenters. The first-order valence-electron chi connectivity index (χ1n) is 6.88. The first kappa shape index (κ1) is 14.0. The highest BCUT2D eigenvalue weighted by molar-refractivity contribution is 5.34. The highest BCUT2D eigenvalue weighted by Gasteiger charge is 2.22. The molecule has 1 saturated heterocycles. The third-order valence-electron chi connectivity index (χ3n) is 3.82. The van der Waals surface area contributed by atoms with E-state index in [2.05, 4.69) is 4.90 Å². The zero-order valence-electron chi connectivity index (χ0n) is 11.1. The Balaban J connectivity index is 2.13. The number of hydrogen-bond acceptors (Lipinski definition) is 3. The van der Waals surface area contributed by atoms with E-state index in [0.29, 0.717) is 24.7 Å². The van der Waals surface area contributed by atoms with Crippen molar-refractivity contribution in [2.24, 2.45) is 5.73 Å². The average Bonchev–Trinajstić information content (AvgIpc) is 2.43. The molecule has 19 heavy (non-hydrogen) atoms. The Bertz CT molecular complexity index is 465. The van der Waals surface area contributed by atoms with Crippen molar-refractivity contribution in [3.63, 3.8) is 0 Å². The minimum absolute atomic E-state index is 0.130. The summed E-state index contributed by atoms with van der Waals surface area (Å²) in [6.45, 7) is 2.23. The second-order valence-corrected chi connectivity index (χ2v) is 5.09. The molecule has 2 N–H and O–H groups in total. The van der Waals surface area contributed by atoms with Crippen LogP contribution in [0.4, 0.5) is 4.39 Å². The van der Waals surface area contributed by atoms with Crippen molar-refractivity contribution in [1.82, 2.24) is 4.90 Å². The molecule has 1 aromatic rings. The van der Waals surface area contributed by atoms with E-state index in [1.807, 2.05) is 6.07 Å². The molecule has 0 saturated carbocycles. The fourth-order valence-corrected chi connectivity index (χ4v) is 2.79. The number of likely N-dealkylation sites (tertiary alicyclic amines) is 1. The molecule has 1 heterocycles. The van der Waals surface area contributed by atoms with E-state index in [1.165, 1.54) is 12.5 Å². The van der Waals surface area contributed by atoms with E-state index >= 15 is 0 Å². The first-order chi connectivity index (χ1) is 9.26. The lowest BCUT2D eigenvalue weighted by molar-refractivity contribution is 0.132. The van der Waals surface area contributed by atoms with Gasteiger partial charge >= 0.3 is 0 Å². The molecule has 1 aliphatic rings. The van der Waals surface area contributed by atoms with Crippen LogP contribution < -0.4 is 5.73 Å². The second kappa shape index (κ2) is 6.65. The molecule has 0 spiro atoms. The molecule has 102 valence electrons. The fraction of sp³-hybridized carbons (Fsp3) is 0.533. The van der Waals surface area contributed by atoms with Crippen molar-refractivity contribution >= 4 is 0 Å². The Morgan fingerprint density at radius 1 is 1.42 bits per heavy atom. The highest BCUT2D eigenvalue weighted by atomic mass is 19.1. The summed E-state index contributed by atoms with van der Waals surface area (Å²) in [6, 6.07) is 7.38. The zero-order valence-corrected chi connectivity index (χ0v) is 11.1. The zero-order chi connectivity index (χ0) is 13.7. The van der Waals surface area contributed by atoms with Crippen LogP contribution in [0, 0.1) is 17.1 Å². The fourth-order valence-electron chi connectivity index (χ4n) is 2.79. The minimum atomic E-state index is -0.373. The number of halogens is 1. The van der Waals surface area contributed by atoms with Crippen LogP contribution in [0.1, 0.15) is 36.8 Å². The van der Waals surface area contributed by atoms with E-state index in [1.54, 1.807) is 12.1 Å². The SMILES string of the molecule is N#Cc1cccc(CN2CCCCC2CCN)c1F. The van der Waals surface area contributed by atoms with Gasteiger partial charge in [-0.3, -0.25) is 4.90 Å². The molecule has 1 atom stereocenters. The van der Waals surface area contributed by atoms with Gasteiger partial charge in [-0.05, 0) is 38.4 Å². The van der Waals surface area contributed by atoms with Crippen molar-refractivity contribution < 1.29 is 4.39 Å². The second-order valence-electron chi connectivity index (χ2n) is 5.09. The Morgan fingerprint density at radius 2 is 2.26 bits per heavy atom. The predicted octanol–water partition coefficient (Wildman–Crippen LogP) is 2.40. The van der Waals surface area contributed by atoms with Gasteiger partial charge in [0.1, 0.15) is 11.9 Å². The molecule has 0 amide bonds. The summed E-state index contributed by atoms with van der Waals surface area (Å²) in [5.74, 6) is -0.373. The predicted molar refractivity (Wildman–Crippen MR) is 72.8 cm³/mol. The molecule has 0 radical (unpaired) electrons. The van der Waals surface area contributed by atoms with Gasteiger partial charge in [0, 0.05) is 18.2 Å². The maximum absolute atomic E-state index is 14.1. The lowest BCUT2D eigenvalue weighted by Gasteiger charge is -2.35. The molecular weight excluding hydrogens is 241 g/mol. The minimum Gasteiger partial charge on any atom is -0.330 e. The van der Waals surface area contributed by atoms with Crippen LogP contribution in [0.15, 0.2) is 18.2 Å². The Morgan fingerprint density at radius 3 is 3.00 bits per heavy atom. The first-order valence-corrected chi connectivity index (χ1v) is 6.88.